The van der Waals surface area contributed by atoms with E-state index in [1.807, 2.05) is 43.3 Å². The zero-order valence-electron chi connectivity index (χ0n) is 14.7. The molecule has 1 atom stereocenters. The van der Waals surface area contributed by atoms with Gasteiger partial charge in [-0.2, -0.15) is 0 Å². The summed E-state index contributed by atoms with van der Waals surface area (Å²) < 4.78 is 0. The van der Waals surface area contributed by atoms with Gasteiger partial charge in [-0.3, -0.25) is 9.59 Å². The van der Waals surface area contributed by atoms with E-state index >= 15 is 0 Å². The molecule has 0 spiro atoms. The Morgan fingerprint density at radius 3 is 2.36 bits per heavy atom. The molecule has 25 heavy (non-hydrogen) atoms. The Kier molecular flexibility index (Phi) is 7.61. The van der Waals surface area contributed by atoms with Crippen LogP contribution in [-0.2, 0) is 4.79 Å². The standard InChI is InChI=1S/C19H23N3O2.ClH/c1-13-9-10-15(11-16(13)19(24)22(2)3)21-18(23)12-17(20)14-7-5-4-6-8-14;/h4-11,17H,12,20H2,1-3H3,(H,21,23);1H. The first-order chi connectivity index (χ1) is 11.4. The molecule has 134 valence electrons. The van der Waals surface area contributed by atoms with Crippen LogP contribution in [0.1, 0.15) is 33.9 Å². The summed E-state index contributed by atoms with van der Waals surface area (Å²) in [5, 5.41) is 2.81. The van der Waals surface area contributed by atoms with Crippen LogP contribution in [0.15, 0.2) is 48.5 Å². The van der Waals surface area contributed by atoms with Crippen LogP contribution in [0.2, 0.25) is 0 Å². The Morgan fingerprint density at radius 1 is 1.12 bits per heavy atom. The quantitative estimate of drug-likeness (QED) is 0.859. The molecule has 0 bridgehead atoms. The molecule has 2 amide bonds. The number of carbonyl (C=O) groups excluding carboxylic acids is 2. The lowest BCUT2D eigenvalue weighted by Crippen LogP contribution is -2.23. The molecule has 0 aliphatic heterocycles. The van der Waals surface area contributed by atoms with Crippen molar-refractivity contribution in [2.24, 2.45) is 5.73 Å². The molecule has 2 aromatic carbocycles. The van der Waals surface area contributed by atoms with Crippen LogP contribution in [0.3, 0.4) is 0 Å². The Balaban J connectivity index is 0.00000312. The highest BCUT2D eigenvalue weighted by Gasteiger charge is 2.14. The second-order valence-corrected chi connectivity index (χ2v) is 6.00. The van der Waals surface area contributed by atoms with Crippen molar-refractivity contribution < 1.29 is 9.59 Å². The molecule has 0 aromatic heterocycles. The number of hydrogen-bond acceptors (Lipinski definition) is 3. The van der Waals surface area contributed by atoms with E-state index in [2.05, 4.69) is 5.32 Å². The summed E-state index contributed by atoms with van der Waals surface area (Å²) in [4.78, 5) is 25.9. The second kappa shape index (κ2) is 9.20. The molecule has 3 N–H and O–H groups in total. The van der Waals surface area contributed by atoms with Gasteiger partial charge in [0, 0.05) is 37.8 Å². The van der Waals surface area contributed by atoms with Crippen LogP contribution in [0.5, 0.6) is 0 Å². The molecule has 0 aliphatic carbocycles. The van der Waals surface area contributed by atoms with Gasteiger partial charge < -0.3 is 16.0 Å². The molecule has 6 heteroatoms. The molecule has 0 radical (unpaired) electrons. The van der Waals surface area contributed by atoms with Gasteiger partial charge in [0.15, 0.2) is 0 Å². The number of carbonyl (C=O) groups is 2. The number of rotatable bonds is 5. The third-order valence-electron chi connectivity index (χ3n) is 3.79. The zero-order chi connectivity index (χ0) is 17.7. The molecule has 0 heterocycles. The Bertz CT molecular complexity index is 733. The van der Waals surface area contributed by atoms with E-state index < -0.39 is 0 Å². The lowest BCUT2D eigenvalue weighted by Gasteiger charge is -2.15. The Labute approximate surface area is 154 Å². The largest absolute Gasteiger partial charge is 0.345 e. The predicted molar refractivity (Wildman–Crippen MR) is 103 cm³/mol. The van der Waals surface area contributed by atoms with Gasteiger partial charge in [0.25, 0.3) is 5.91 Å². The summed E-state index contributed by atoms with van der Waals surface area (Å²) in [6, 6.07) is 14.4. The molecule has 5 nitrogen and oxygen atoms in total. The van der Waals surface area contributed by atoms with Gasteiger partial charge in [0.1, 0.15) is 0 Å². The number of nitrogens with zero attached hydrogens (tertiary/aromatic N) is 1. The van der Waals surface area contributed by atoms with E-state index in [0.717, 1.165) is 11.1 Å². The first kappa shape index (κ1) is 20.7. The number of nitrogens with two attached hydrogens (primary N) is 1. The molecular weight excluding hydrogens is 338 g/mol. The maximum absolute atomic E-state index is 12.2. The van der Waals surface area contributed by atoms with E-state index in [1.165, 1.54) is 4.90 Å². The van der Waals surface area contributed by atoms with Crippen LogP contribution in [0.25, 0.3) is 0 Å². The SMILES string of the molecule is Cc1ccc(NC(=O)CC(N)c2ccccc2)cc1C(=O)N(C)C.Cl. The minimum atomic E-state index is -0.362. The summed E-state index contributed by atoms with van der Waals surface area (Å²) >= 11 is 0. The van der Waals surface area contributed by atoms with E-state index in [0.29, 0.717) is 11.3 Å². The number of halogens is 1. The smallest absolute Gasteiger partial charge is 0.253 e. The molecule has 0 saturated carbocycles. The number of amides is 2. The van der Waals surface area contributed by atoms with Crippen molar-refractivity contribution in [1.82, 2.24) is 4.90 Å². The average molecular weight is 362 g/mol. The molecular formula is C19H24ClN3O2. The lowest BCUT2D eigenvalue weighted by atomic mass is 10.0. The molecule has 0 aliphatic rings. The number of anilines is 1. The number of hydrogen-bond donors (Lipinski definition) is 2. The van der Waals surface area contributed by atoms with E-state index in [9.17, 15) is 9.59 Å². The normalized spacial score (nSPS) is 11.2. The first-order valence-electron chi connectivity index (χ1n) is 7.81. The molecule has 2 aromatic rings. The number of aryl methyl sites for hydroxylation is 1. The molecule has 1 unspecified atom stereocenters. The third-order valence-corrected chi connectivity index (χ3v) is 3.79. The van der Waals surface area contributed by atoms with Crippen molar-refractivity contribution in [2.75, 3.05) is 19.4 Å². The number of benzene rings is 2. The van der Waals surface area contributed by atoms with Crippen molar-refractivity contribution in [3.05, 3.63) is 65.2 Å². The second-order valence-electron chi connectivity index (χ2n) is 6.00. The van der Waals surface area contributed by atoms with Crippen LogP contribution < -0.4 is 11.1 Å². The molecule has 2 rings (SSSR count). The van der Waals surface area contributed by atoms with E-state index in [1.54, 1.807) is 26.2 Å². The zero-order valence-corrected chi connectivity index (χ0v) is 15.5. The highest BCUT2D eigenvalue weighted by Crippen LogP contribution is 2.19. The van der Waals surface area contributed by atoms with Crippen molar-refractivity contribution >= 4 is 29.9 Å². The van der Waals surface area contributed by atoms with Gasteiger partial charge in [-0.25, -0.2) is 0 Å². The Morgan fingerprint density at radius 2 is 1.76 bits per heavy atom. The molecule has 0 fully saturated rings. The van der Waals surface area contributed by atoms with E-state index in [4.69, 9.17) is 5.73 Å². The third kappa shape index (κ3) is 5.59. The summed E-state index contributed by atoms with van der Waals surface area (Å²) in [5.74, 6) is -0.275. The predicted octanol–water partition coefficient (Wildman–Crippen LogP) is 3.15. The summed E-state index contributed by atoms with van der Waals surface area (Å²) in [7, 11) is 3.40. The summed E-state index contributed by atoms with van der Waals surface area (Å²) in [6.45, 7) is 1.87. The van der Waals surface area contributed by atoms with Crippen molar-refractivity contribution in [3.63, 3.8) is 0 Å². The fraction of sp³-hybridized carbons (Fsp3) is 0.263. The lowest BCUT2D eigenvalue weighted by molar-refractivity contribution is -0.116. The maximum Gasteiger partial charge on any atom is 0.253 e. The summed E-state index contributed by atoms with van der Waals surface area (Å²) in [6.07, 6.45) is 0.175. The van der Waals surface area contributed by atoms with Crippen LogP contribution in [-0.4, -0.2) is 30.8 Å². The molecule has 0 saturated heterocycles. The fourth-order valence-corrected chi connectivity index (χ4v) is 2.40. The van der Waals surface area contributed by atoms with Gasteiger partial charge in [-0.05, 0) is 30.2 Å². The minimum absolute atomic E-state index is 0. The van der Waals surface area contributed by atoms with Crippen LogP contribution >= 0.6 is 12.4 Å². The van der Waals surface area contributed by atoms with Crippen molar-refractivity contribution in [1.29, 1.82) is 0 Å². The van der Waals surface area contributed by atoms with Crippen molar-refractivity contribution in [3.8, 4) is 0 Å². The monoisotopic (exact) mass is 361 g/mol. The van der Waals surface area contributed by atoms with Gasteiger partial charge in [-0.15, -0.1) is 12.4 Å². The van der Waals surface area contributed by atoms with Gasteiger partial charge in [-0.1, -0.05) is 36.4 Å². The highest BCUT2D eigenvalue weighted by molar-refractivity contribution is 5.98. The number of nitrogens with one attached hydrogen (secondary N) is 1. The minimum Gasteiger partial charge on any atom is -0.345 e. The van der Waals surface area contributed by atoms with Gasteiger partial charge in [0.2, 0.25) is 5.91 Å². The topological polar surface area (TPSA) is 75.4 Å². The Hall–Kier alpha value is -2.37. The van der Waals surface area contributed by atoms with Crippen LogP contribution in [0, 0.1) is 6.92 Å². The van der Waals surface area contributed by atoms with Crippen molar-refractivity contribution in [2.45, 2.75) is 19.4 Å². The van der Waals surface area contributed by atoms with Gasteiger partial charge >= 0.3 is 0 Å². The first-order valence-corrected chi connectivity index (χ1v) is 7.81. The summed E-state index contributed by atoms with van der Waals surface area (Å²) in [5.41, 5.74) is 9.02. The highest BCUT2D eigenvalue weighted by atomic mass is 35.5. The average Bonchev–Trinajstić information content (AvgIpc) is 2.56. The fourth-order valence-electron chi connectivity index (χ4n) is 2.40. The van der Waals surface area contributed by atoms with E-state index in [-0.39, 0.29) is 36.7 Å². The maximum atomic E-state index is 12.2. The van der Waals surface area contributed by atoms with Gasteiger partial charge in [0.05, 0.1) is 0 Å². The van der Waals surface area contributed by atoms with Crippen LogP contribution in [0.4, 0.5) is 5.69 Å².